The van der Waals surface area contributed by atoms with E-state index in [1.54, 1.807) is 0 Å². The lowest BCUT2D eigenvalue weighted by Gasteiger charge is -2.48. The Morgan fingerprint density at radius 1 is 0.590 bits per heavy atom. The standard InChI is InChI=1S/C25H18.C14H22/c1-17-7-6-8-18(15-17)19-13-14-24-22-11-3-2-9-20(22)21-10-4-5-12-23(21)25(24)16-19;1-12(2,11-7-6-8-11)13(3,4)14(5)9-10-14/h2-16H,1H3;6-8H,9-10H2,1-5H3. The number of fused-ring (bicyclic) bond motifs is 6. The van der Waals surface area contributed by atoms with E-state index < -0.39 is 0 Å². The third-order valence-electron chi connectivity index (χ3n) is 10.4. The molecule has 0 saturated heterocycles. The van der Waals surface area contributed by atoms with Crippen LogP contribution in [0, 0.1) is 23.2 Å². The first-order chi connectivity index (χ1) is 18.6. The molecule has 1 saturated carbocycles. The second kappa shape index (κ2) is 9.23. The predicted molar refractivity (Wildman–Crippen MR) is 171 cm³/mol. The minimum absolute atomic E-state index is 0.312. The number of aryl methyl sites for hydroxylation is 1. The molecule has 0 aliphatic heterocycles. The Hall–Kier alpha value is -3.64. The summed E-state index contributed by atoms with van der Waals surface area (Å²) < 4.78 is 0. The Balaban J connectivity index is 0.000000168. The van der Waals surface area contributed by atoms with E-state index in [-0.39, 0.29) is 0 Å². The summed E-state index contributed by atoms with van der Waals surface area (Å²) in [7, 11) is 0. The molecule has 39 heavy (non-hydrogen) atoms. The van der Waals surface area contributed by atoms with Gasteiger partial charge in [-0.05, 0) is 91.1 Å². The van der Waals surface area contributed by atoms with Gasteiger partial charge in [0.1, 0.15) is 0 Å². The number of benzene rings is 5. The quantitative estimate of drug-likeness (QED) is 0.212. The molecule has 2 aliphatic carbocycles. The molecule has 0 heteroatoms. The van der Waals surface area contributed by atoms with Crippen LogP contribution >= 0.6 is 0 Å². The highest BCUT2D eigenvalue weighted by molar-refractivity contribution is 6.25. The Kier molecular flexibility index (Phi) is 6.07. The highest BCUT2D eigenvalue weighted by atomic mass is 14.6. The number of allylic oxidation sites excluding steroid dienone is 4. The van der Waals surface area contributed by atoms with E-state index in [9.17, 15) is 0 Å². The van der Waals surface area contributed by atoms with Gasteiger partial charge in [-0.25, -0.2) is 0 Å². The summed E-state index contributed by atoms with van der Waals surface area (Å²) in [5, 5.41) is 7.96. The third kappa shape index (κ3) is 4.22. The van der Waals surface area contributed by atoms with Crippen LogP contribution in [0.15, 0.2) is 115 Å². The zero-order valence-corrected chi connectivity index (χ0v) is 24.3. The van der Waals surface area contributed by atoms with Gasteiger partial charge in [-0.2, -0.15) is 0 Å². The van der Waals surface area contributed by atoms with Crippen molar-refractivity contribution in [3.05, 3.63) is 120 Å². The van der Waals surface area contributed by atoms with E-state index in [1.807, 2.05) is 0 Å². The molecule has 0 atom stereocenters. The van der Waals surface area contributed by atoms with Gasteiger partial charge >= 0.3 is 0 Å². The fourth-order valence-electron chi connectivity index (χ4n) is 6.45. The molecule has 2 aliphatic rings. The highest BCUT2D eigenvalue weighted by Crippen LogP contribution is 2.66. The molecular weight excluding hydrogens is 468 g/mol. The van der Waals surface area contributed by atoms with Crippen molar-refractivity contribution in [3.63, 3.8) is 0 Å². The van der Waals surface area contributed by atoms with Crippen LogP contribution in [-0.2, 0) is 0 Å². The molecule has 0 heterocycles. The fourth-order valence-corrected chi connectivity index (χ4v) is 6.45. The number of hydrogen-bond acceptors (Lipinski definition) is 0. The third-order valence-corrected chi connectivity index (χ3v) is 10.4. The molecule has 0 bridgehead atoms. The Morgan fingerprint density at radius 2 is 1.10 bits per heavy atom. The van der Waals surface area contributed by atoms with Gasteiger partial charge in [-0.15, -0.1) is 0 Å². The highest BCUT2D eigenvalue weighted by Gasteiger charge is 2.57. The Bertz CT molecular complexity index is 1730. The average Bonchev–Trinajstić information content (AvgIpc) is 3.67. The molecule has 0 unspecified atom stereocenters. The van der Waals surface area contributed by atoms with Gasteiger partial charge < -0.3 is 0 Å². The summed E-state index contributed by atoms with van der Waals surface area (Å²) in [6.45, 7) is 14.3. The van der Waals surface area contributed by atoms with E-state index in [0.29, 0.717) is 16.2 Å². The molecule has 0 nitrogen and oxygen atoms in total. The largest absolute Gasteiger partial charge is 0.0617 e. The van der Waals surface area contributed by atoms with Crippen molar-refractivity contribution in [2.45, 2.75) is 54.4 Å². The summed E-state index contributed by atoms with van der Waals surface area (Å²) in [6.07, 6.45) is 9.50. The lowest BCUT2D eigenvalue weighted by atomic mass is 9.56. The first-order valence-corrected chi connectivity index (χ1v) is 14.4. The zero-order chi connectivity index (χ0) is 27.4. The number of hydrogen-bond donors (Lipinski definition) is 0. The molecule has 0 amide bonds. The lowest BCUT2D eigenvalue weighted by Crippen LogP contribution is -2.40. The van der Waals surface area contributed by atoms with Crippen molar-refractivity contribution in [3.8, 4) is 11.1 Å². The minimum Gasteiger partial charge on any atom is -0.0617 e. The van der Waals surface area contributed by atoms with Crippen LogP contribution in [0.25, 0.3) is 43.4 Å². The van der Waals surface area contributed by atoms with Gasteiger partial charge in [0, 0.05) is 0 Å². The Morgan fingerprint density at radius 3 is 1.59 bits per heavy atom. The van der Waals surface area contributed by atoms with Gasteiger partial charge in [0.25, 0.3) is 0 Å². The molecule has 0 N–H and O–H groups in total. The molecule has 0 spiro atoms. The smallest absolute Gasteiger partial charge is 0.00472 e. The molecule has 5 aromatic rings. The summed E-state index contributed by atoms with van der Waals surface area (Å²) in [5.74, 6) is 0. The second-order valence-corrected chi connectivity index (χ2v) is 13.0. The van der Waals surface area contributed by atoms with Crippen LogP contribution in [0.4, 0.5) is 0 Å². The molecule has 1 fully saturated rings. The van der Waals surface area contributed by atoms with E-state index in [2.05, 4.69) is 151 Å². The second-order valence-electron chi connectivity index (χ2n) is 13.0. The van der Waals surface area contributed by atoms with E-state index in [0.717, 1.165) is 0 Å². The molecule has 7 rings (SSSR count). The van der Waals surface area contributed by atoms with Crippen LogP contribution in [0.1, 0.15) is 53.0 Å². The van der Waals surface area contributed by atoms with Gasteiger partial charge in [-0.3, -0.25) is 0 Å². The van der Waals surface area contributed by atoms with Gasteiger partial charge in [-0.1, -0.05) is 143 Å². The molecule has 196 valence electrons. The van der Waals surface area contributed by atoms with Crippen LogP contribution in [0.5, 0.6) is 0 Å². The Labute approximate surface area is 234 Å². The molecule has 5 aromatic carbocycles. The van der Waals surface area contributed by atoms with E-state index >= 15 is 0 Å². The van der Waals surface area contributed by atoms with Gasteiger partial charge in [0.2, 0.25) is 0 Å². The first-order valence-electron chi connectivity index (χ1n) is 14.4. The zero-order valence-electron chi connectivity index (χ0n) is 24.3. The monoisotopic (exact) mass is 508 g/mol. The summed E-state index contributed by atoms with van der Waals surface area (Å²) in [5.41, 5.74) is 6.65. The maximum absolute atomic E-state index is 2.44. The van der Waals surface area contributed by atoms with Crippen LogP contribution in [0.2, 0.25) is 0 Å². The van der Waals surface area contributed by atoms with Crippen molar-refractivity contribution in [1.29, 1.82) is 0 Å². The van der Waals surface area contributed by atoms with Crippen molar-refractivity contribution < 1.29 is 0 Å². The summed E-state index contributed by atoms with van der Waals surface area (Å²) in [4.78, 5) is 0. The van der Waals surface area contributed by atoms with Gasteiger partial charge in [0.15, 0.2) is 0 Å². The van der Waals surface area contributed by atoms with Gasteiger partial charge in [0.05, 0.1) is 0 Å². The van der Waals surface area contributed by atoms with Crippen LogP contribution in [-0.4, -0.2) is 0 Å². The minimum atomic E-state index is 0.312. The maximum atomic E-state index is 2.44. The van der Waals surface area contributed by atoms with E-state index in [4.69, 9.17) is 0 Å². The first kappa shape index (κ1) is 25.6. The maximum Gasteiger partial charge on any atom is -0.00472 e. The van der Waals surface area contributed by atoms with Crippen molar-refractivity contribution >= 4 is 32.3 Å². The van der Waals surface area contributed by atoms with Crippen molar-refractivity contribution in [2.24, 2.45) is 16.2 Å². The molecular formula is C39H40. The SMILES string of the molecule is CC1(C(C)(C)C(C)(C)C2=CC=C2)CC1.Cc1cccc(-c2ccc3c4ccccc4c4ccccc4c3c2)c1. The summed E-state index contributed by atoms with van der Waals surface area (Å²) in [6, 6.07) is 33.1. The topological polar surface area (TPSA) is 0 Å². The predicted octanol–water partition coefficient (Wildman–Crippen LogP) is 11.5. The molecule has 0 aromatic heterocycles. The van der Waals surface area contributed by atoms with Crippen molar-refractivity contribution in [2.75, 3.05) is 0 Å². The van der Waals surface area contributed by atoms with Crippen LogP contribution in [0.3, 0.4) is 0 Å². The summed E-state index contributed by atoms with van der Waals surface area (Å²) >= 11 is 0. The number of rotatable bonds is 4. The average molecular weight is 509 g/mol. The van der Waals surface area contributed by atoms with E-state index in [1.165, 1.54) is 67.4 Å². The lowest BCUT2D eigenvalue weighted by molar-refractivity contribution is 0.0645. The fraction of sp³-hybridized carbons (Fsp3) is 0.282. The van der Waals surface area contributed by atoms with Crippen LogP contribution < -0.4 is 0 Å². The molecule has 0 radical (unpaired) electrons. The normalized spacial score (nSPS) is 16.0. The van der Waals surface area contributed by atoms with Crippen molar-refractivity contribution in [1.82, 2.24) is 0 Å².